The van der Waals surface area contributed by atoms with Crippen LogP contribution in [0.25, 0.3) is 10.9 Å². The maximum atomic E-state index is 12.4. The fourth-order valence-electron chi connectivity index (χ4n) is 2.36. The fraction of sp³-hybridized carbons (Fsp3) is 0.118. The summed E-state index contributed by atoms with van der Waals surface area (Å²) in [5.41, 5.74) is 13.3. The van der Waals surface area contributed by atoms with E-state index in [2.05, 4.69) is 9.97 Å². The molecular weight excluding hydrogens is 308 g/mol. The first-order valence-corrected chi connectivity index (χ1v) is 7.17. The molecule has 0 saturated heterocycles. The normalized spacial score (nSPS) is 10.6. The van der Waals surface area contributed by atoms with Crippen LogP contribution in [-0.4, -0.2) is 23.0 Å². The molecule has 7 heteroatoms. The summed E-state index contributed by atoms with van der Waals surface area (Å²) in [5, 5.41) is 0.561. The van der Waals surface area contributed by atoms with Gasteiger partial charge in [0.2, 0.25) is 5.95 Å². The van der Waals surface area contributed by atoms with Crippen molar-refractivity contribution in [2.75, 3.05) is 18.6 Å². The number of hydrogen-bond acceptors (Lipinski definition) is 7. The van der Waals surface area contributed by atoms with Crippen molar-refractivity contribution in [3.8, 4) is 11.5 Å². The number of aryl methyl sites for hydroxylation is 1. The van der Waals surface area contributed by atoms with Gasteiger partial charge in [-0.1, -0.05) is 11.6 Å². The first kappa shape index (κ1) is 15.5. The number of fused-ring (bicyclic) bond motifs is 1. The molecule has 24 heavy (non-hydrogen) atoms. The number of carbonyl (C=O) groups excluding carboxylic acids is 1. The van der Waals surface area contributed by atoms with E-state index in [9.17, 15) is 4.79 Å². The first-order chi connectivity index (χ1) is 11.5. The van der Waals surface area contributed by atoms with E-state index in [1.807, 2.05) is 13.0 Å². The number of benzene rings is 2. The Morgan fingerprint density at radius 1 is 1.08 bits per heavy atom. The third-order valence-corrected chi connectivity index (χ3v) is 3.50. The molecule has 1 aromatic heterocycles. The van der Waals surface area contributed by atoms with Crippen LogP contribution in [0.2, 0.25) is 0 Å². The standard InChI is InChI=1S/C17H16N4O3/c1-9-3-6-14(23-2)12(7-9)16(22)24-10-4-5-13-11(8-10)15(18)21-17(19)20-13/h3-8H,1-2H3,(H4,18,19,20,21). The van der Waals surface area contributed by atoms with E-state index in [1.165, 1.54) is 7.11 Å². The maximum Gasteiger partial charge on any atom is 0.347 e. The van der Waals surface area contributed by atoms with E-state index in [4.69, 9.17) is 20.9 Å². The molecule has 0 radical (unpaired) electrons. The largest absolute Gasteiger partial charge is 0.496 e. The van der Waals surface area contributed by atoms with Gasteiger partial charge in [0.25, 0.3) is 0 Å². The number of nitrogens with zero attached hydrogens (tertiary/aromatic N) is 2. The van der Waals surface area contributed by atoms with Crippen molar-refractivity contribution >= 4 is 28.6 Å². The van der Waals surface area contributed by atoms with Crippen LogP contribution in [0, 0.1) is 6.92 Å². The predicted molar refractivity (Wildman–Crippen MR) is 91.1 cm³/mol. The van der Waals surface area contributed by atoms with Crippen LogP contribution in [0.5, 0.6) is 11.5 Å². The summed E-state index contributed by atoms with van der Waals surface area (Å²) < 4.78 is 10.6. The Labute approximate surface area is 138 Å². The Hall–Kier alpha value is -3.35. The number of carbonyl (C=O) groups is 1. The van der Waals surface area contributed by atoms with Crippen molar-refractivity contribution < 1.29 is 14.3 Å². The highest BCUT2D eigenvalue weighted by atomic mass is 16.5. The molecule has 0 amide bonds. The number of methoxy groups -OCH3 is 1. The van der Waals surface area contributed by atoms with Gasteiger partial charge < -0.3 is 20.9 Å². The summed E-state index contributed by atoms with van der Waals surface area (Å²) in [6.45, 7) is 1.88. The minimum absolute atomic E-state index is 0.0919. The molecular formula is C17H16N4O3. The molecule has 0 aliphatic rings. The first-order valence-electron chi connectivity index (χ1n) is 7.17. The molecule has 1 heterocycles. The number of nitrogens with two attached hydrogens (primary N) is 2. The van der Waals surface area contributed by atoms with E-state index in [1.54, 1.807) is 30.3 Å². The predicted octanol–water partition coefficient (Wildman–Crippen LogP) is 2.33. The summed E-state index contributed by atoms with van der Waals surface area (Å²) in [7, 11) is 1.50. The molecule has 4 N–H and O–H groups in total. The molecule has 0 aliphatic heterocycles. The van der Waals surface area contributed by atoms with Gasteiger partial charge in [0, 0.05) is 5.39 Å². The lowest BCUT2D eigenvalue weighted by Crippen LogP contribution is -2.10. The molecule has 2 aromatic carbocycles. The molecule has 0 bridgehead atoms. The lowest BCUT2D eigenvalue weighted by molar-refractivity contribution is 0.0731. The molecule has 0 spiro atoms. The van der Waals surface area contributed by atoms with Crippen molar-refractivity contribution in [3.63, 3.8) is 0 Å². The van der Waals surface area contributed by atoms with Gasteiger partial charge in [0.15, 0.2) is 0 Å². The second kappa shape index (κ2) is 6.04. The van der Waals surface area contributed by atoms with Gasteiger partial charge in [0.05, 0.1) is 12.6 Å². The molecule has 0 unspecified atom stereocenters. The van der Waals surface area contributed by atoms with Crippen LogP contribution in [0.3, 0.4) is 0 Å². The molecule has 0 fully saturated rings. The third kappa shape index (κ3) is 2.91. The minimum atomic E-state index is -0.523. The van der Waals surface area contributed by atoms with E-state index >= 15 is 0 Å². The van der Waals surface area contributed by atoms with Crippen LogP contribution < -0.4 is 20.9 Å². The molecule has 122 valence electrons. The monoisotopic (exact) mass is 324 g/mol. The average Bonchev–Trinajstić information content (AvgIpc) is 2.55. The number of hydrogen-bond donors (Lipinski definition) is 2. The van der Waals surface area contributed by atoms with E-state index < -0.39 is 5.97 Å². The third-order valence-electron chi connectivity index (χ3n) is 3.50. The van der Waals surface area contributed by atoms with Gasteiger partial charge in [-0.25, -0.2) is 9.78 Å². The lowest BCUT2D eigenvalue weighted by atomic mass is 10.1. The summed E-state index contributed by atoms with van der Waals surface area (Å²) in [6.07, 6.45) is 0. The van der Waals surface area contributed by atoms with E-state index in [0.717, 1.165) is 5.56 Å². The number of anilines is 2. The topological polar surface area (TPSA) is 113 Å². The molecule has 3 rings (SSSR count). The van der Waals surface area contributed by atoms with Crippen molar-refractivity contribution in [2.45, 2.75) is 6.92 Å². The summed E-state index contributed by atoms with van der Waals surface area (Å²) in [4.78, 5) is 20.4. The zero-order valence-electron chi connectivity index (χ0n) is 13.2. The lowest BCUT2D eigenvalue weighted by Gasteiger charge is -2.10. The average molecular weight is 324 g/mol. The maximum absolute atomic E-state index is 12.4. The highest BCUT2D eigenvalue weighted by Gasteiger charge is 2.15. The van der Waals surface area contributed by atoms with Gasteiger partial charge in [-0.2, -0.15) is 4.98 Å². The number of rotatable bonds is 3. The van der Waals surface area contributed by atoms with Crippen molar-refractivity contribution in [1.29, 1.82) is 0 Å². The Balaban J connectivity index is 1.95. The fourth-order valence-corrected chi connectivity index (χ4v) is 2.36. The molecule has 7 nitrogen and oxygen atoms in total. The van der Waals surface area contributed by atoms with Crippen LogP contribution in [0.1, 0.15) is 15.9 Å². The van der Waals surface area contributed by atoms with Gasteiger partial charge in [-0.05, 0) is 37.3 Å². The van der Waals surface area contributed by atoms with Crippen molar-refractivity contribution in [3.05, 3.63) is 47.5 Å². The zero-order valence-corrected chi connectivity index (χ0v) is 13.2. The summed E-state index contributed by atoms with van der Waals surface area (Å²) in [6, 6.07) is 10.2. The number of aromatic nitrogens is 2. The Kier molecular flexibility index (Phi) is 3.91. The number of esters is 1. The molecule has 0 atom stereocenters. The SMILES string of the molecule is COc1ccc(C)cc1C(=O)Oc1ccc2nc(N)nc(N)c2c1. The van der Waals surface area contributed by atoms with Gasteiger partial charge in [-0.3, -0.25) is 0 Å². The summed E-state index contributed by atoms with van der Waals surface area (Å²) >= 11 is 0. The summed E-state index contributed by atoms with van der Waals surface area (Å²) in [5.74, 6) is 0.570. The van der Waals surface area contributed by atoms with E-state index in [-0.39, 0.29) is 11.8 Å². The number of ether oxygens (including phenoxy) is 2. The van der Waals surface area contributed by atoms with Crippen LogP contribution >= 0.6 is 0 Å². The van der Waals surface area contributed by atoms with Gasteiger partial charge >= 0.3 is 5.97 Å². The smallest absolute Gasteiger partial charge is 0.347 e. The van der Waals surface area contributed by atoms with E-state index in [0.29, 0.717) is 28.0 Å². The Morgan fingerprint density at radius 3 is 2.62 bits per heavy atom. The molecule has 0 aliphatic carbocycles. The van der Waals surface area contributed by atoms with Crippen molar-refractivity contribution in [1.82, 2.24) is 9.97 Å². The van der Waals surface area contributed by atoms with Crippen LogP contribution in [0.15, 0.2) is 36.4 Å². The van der Waals surface area contributed by atoms with Gasteiger partial charge in [0.1, 0.15) is 22.9 Å². The van der Waals surface area contributed by atoms with Gasteiger partial charge in [-0.15, -0.1) is 0 Å². The second-order valence-corrected chi connectivity index (χ2v) is 5.24. The molecule has 3 aromatic rings. The Morgan fingerprint density at radius 2 is 1.88 bits per heavy atom. The van der Waals surface area contributed by atoms with Crippen LogP contribution in [0.4, 0.5) is 11.8 Å². The Bertz CT molecular complexity index is 941. The quantitative estimate of drug-likeness (QED) is 0.561. The highest BCUT2D eigenvalue weighted by molar-refractivity contribution is 5.95. The minimum Gasteiger partial charge on any atom is -0.496 e. The molecule has 0 saturated carbocycles. The second-order valence-electron chi connectivity index (χ2n) is 5.24. The zero-order chi connectivity index (χ0) is 17.3. The highest BCUT2D eigenvalue weighted by Crippen LogP contribution is 2.26. The van der Waals surface area contributed by atoms with Crippen molar-refractivity contribution in [2.24, 2.45) is 0 Å². The number of nitrogen functional groups attached to an aromatic ring is 2. The van der Waals surface area contributed by atoms with Crippen LogP contribution in [-0.2, 0) is 0 Å².